The van der Waals surface area contributed by atoms with E-state index in [2.05, 4.69) is 5.32 Å². The molecule has 4 rings (SSSR count). The molecule has 1 aliphatic heterocycles. The average molecular weight is 394 g/mol. The number of esters is 1. The number of benzene rings is 2. The predicted molar refractivity (Wildman–Crippen MR) is 108 cm³/mol. The van der Waals surface area contributed by atoms with Gasteiger partial charge in [0.15, 0.2) is 6.10 Å². The van der Waals surface area contributed by atoms with Crippen LogP contribution in [0.1, 0.15) is 23.0 Å². The second-order valence-electron chi connectivity index (χ2n) is 6.70. The molecule has 7 nitrogen and oxygen atoms in total. The summed E-state index contributed by atoms with van der Waals surface area (Å²) in [6.45, 7) is 2.73. The zero-order valence-electron chi connectivity index (χ0n) is 16.3. The third-order valence-electron chi connectivity index (χ3n) is 4.91. The van der Waals surface area contributed by atoms with Crippen LogP contribution in [-0.4, -0.2) is 38.2 Å². The largest absolute Gasteiger partial charge is 0.477 e. The van der Waals surface area contributed by atoms with Crippen LogP contribution in [0.3, 0.4) is 0 Å². The summed E-state index contributed by atoms with van der Waals surface area (Å²) in [7, 11) is 1.58. The molecule has 0 spiro atoms. The SMILES string of the molecule is CCOC(=O)c1oc2ccccc2c1CN1C[C@@H](C(=O)NC)Oc2ccccc21. The summed E-state index contributed by atoms with van der Waals surface area (Å²) in [5.41, 5.74) is 2.20. The number of amides is 1. The first-order chi connectivity index (χ1) is 14.1. The minimum absolute atomic E-state index is 0.188. The predicted octanol–water partition coefficient (Wildman–Crippen LogP) is 3.12. The van der Waals surface area contributed by atoms with Crippen molar-refractivity contribution >= 4 is 28.5 Å². The van der Waals surface area contributed by atoms with E-state index in [0.29, 0.717) is 24.4 Å². The van der Waals surface area contributed by atoms with Crippen molar-refractivity contribution in [3.63, 3.8) is 0 Å². The van der Waals surface area contributed by atoms with Gasteiger partial charge in [-0.15, -0.1) is 0 Å². The second kappa shape index (κ2) is 7.87. The Morgan fingerprint density at radius 1 is 1.17 bits per heavy atom. The molecule has 2 aromatic carbocycles. The molecular weight excluding hydrogens is 372 g/mol. The van der Waals surface area contributed by atoms with Gasteiger partial charge in [-0.05, 0) is 25.1 Å². The maximum atomic E-state index is 12.5. The summed E-state index contributed by atoms with van der Waals surface area (Å²) < 4.78 is 16.9. The number of furan rings is 1. The molecular formula is C22H22N2O5. The topological polar surface area (TPSA) is 81.0 Å². The van der Waals surface area contributed by atoms with Crippen LogP contribution in [0.5, 0.6) is 5.75 Å². The maximum absolute atomic E-state index is 12.5. The number of nitrogens with zero attached hydrogens (tertiary/aromatic N) is 1. The van der Waals surface area contributed by atoms with Crippen molar-refractivity contribution in [1.29, 1.82) is 0 Å². The minimum Gasteiger partial charge on any atom is -0.477 e. The molecule has 3 aromatic rings. The van der Waals surface area contributed by atoms with Crippen LogP contribution >= 0.6 is 0 Å². The van der Waals surface area contributed by atoms with Gasteiger partial charge < -0.3 is 24.1 Å². The fraction of sp³-hybridized carbons (Fsp3) is 0.273. The van der Waals surface area contributed by atoms with Crippen LogP contribution in [0, 0.1) is 0 Å². The van der Waals surface area contributed by atoms with Gasteiger partial charge in [-0.1, -0.05) is 30.3 Å². The first-order valence-electron chi connectivity index (χ1n) is 9.52. The van der Waals surface area contributed by atoms with Gasteiger partial charge in [0.05, 0.1) is 18.8 Å². The van der Waals surface area contributed by atoms with E-state index in [-0.39, 0.29) is 18.3 Å². The van der Waals surface area contributed by atoms with Crippen LogP contribution in [-0.2, 0) is 16.1 Å². The summed E-state index contributed by atoms with van der Waals surface area (Å²) in [6, 6.07) is 15.0. The summed E-state index contributed by atoms with van der Waals surface area (Å²) in [6.07, 6.45) is -0.654. The van der Waals surface area contributed by atoms with Gasteiger partial charge in [0.2, 0.25) is 5.76 Å². The van der Waals surface area contributed by atoms with Crippen molar-refractivity contribution in [3.8, 4) is 5.75 Å². The van der Waals surface area contributed by atoms with Gasteiger partial charge in [-0.2, -0.15) is 0 Å². The van der Waals surface area contributed by atoms with Crippen LogP contribution in [0.4, 0.5) is 5.69 Å². The van der Waals surface area contributed by atoms with Gasteiger partial charge in [0.25, 0.3) is 5.91 Å². The standard InChI is InChI=1S/C22H22N2O5/c1-3-27-22(26)20-15(14-8-4-6-10-17(14)29-20)12-24-13-19(21(25)23-2)28-18-11-7-5-9-16(18)24/h4-11,19H,3,12-13H2,1-2H3,(H,23,25)/t19-/m0/s1. The van der Waals surface area contributed by atoms with Gasteiger partial charge in [0.1, 0.15) is 11.3 Å². The van der Waals surface area contributed by atoms with E-state index in [9.17, 15) is 9.59 Å². The zero-order chi connectivity index (χ0) is 20.4. The van der Waals surface area contributed by atoms with Crippen molar-refractivity contribution < 1.29 is 23.5 Å². The van der Waals surface area contributed by atoms with Crippen molar-refractivity contribution in [3.05, 3.63) is 59.9 Å². The number of para-hydroxylation sites is 3. The molecule has 1 aliphatic rings. The number of fused-ring (bicyclic) bond motifs is 2. The molecule has 0 radical (unpaired) electrons. The van der Waals surface area contributed by atoms with Gasteiger partial charge in [-0.3, -0.25) is 4.79 Å². The number of hydrogen-bond acceptors (Lipinski definition) is 6. The Hall–Kier alpha value is -3.48. The molecule has 1 amide bonds. The lowest BCUT2D eigenvalue weighted by Crippen LogP contribution is -2.48. The van der Waals surface area contributed by atoms with E-state index in [1.165, 1.54) is 0 Å². The Labute approximate surface area is 168 Å². The smallest absolute Gasteiger partial charge is 0.374 e. The first-order valence-corrected chi connectivity index (χ1v) is 9.52. The molecule has 0 bridgehead atoms. The molecule has 1 aromatic heterocycles. The quantitative estimate of drug-likeness (QED) is 0.670. The van der Waals surface area contributed by atoms with Crippen molar-refractivity contribution in [2.24, 2.45) is 0 Å². The van der Waals surface area contributed by atoms with Crippen molar-refractivity contribution in [1.82, 2.24) is 5.32 Å². The average Bonchev–Trinajstić information content (AvgIpc) is 3.12. The molecule has 0 fully saturated rings. The van der Waals surface area contributed by atoms with Crippen LogP contribution in [0.15, 0.2) is 52.9 Å². The van der Waals surface area contributed by atoms with E-state index in [1.807, 2.05) is 53.4 Å². The molecule has 1 atom stereocenters. The maximum Gasteiger partial charge on any atom is 0.374 e. The Balaban J connectivity index is 1.76. The molecule has 150 valence electrons. The number of anilines is 1. The zero-order valence-corrected chi connectivity index (χ0v) is 16.3. The molecule has 0 unspecified atom stereocenters. The van der Waals surface area contributed by atoms with Gasteiger partial charge in [0, 0.05) is 24.5 Å². The number of likely N-dealkylation sites (N-methyl/N-ethyl adjacent to an activating group) is 1. The fourth-order valence-corrected chi connectivity index (χ4v) is 3.56. The highest BCUT2D eigenvalue weighted by molar-refractivity contribution is 5.96. The molecule has 7 heteroatoms. The van der Waals surface area contributed by atoms with Crippen molar-refractivity contribution in [2.75, 3.05) is 25.1 Å². The number of hydrogen-bond donors (Lipinski definition) is 1. The van der Waals surface area contributed by atoms with E-state index in [1.54, 1.807) is 14.0 Å². The summed E-state index contributed by atoms with van der Waals surface area (Å²) in [5, 5.41) is 3.48. The molecule has 0 saturated carbocycles. The lowest BCUT2D eigenvalue weighted by Gasteiger charge is -2.35. The Morgan fingerprint density at radius 3 is 2.72 bits per heavy atom. The second-order valence-corrected chi connectivity index (χ2v) is 6.70. The number of nitrogens with one attached hydrogen (secondary N) is 1. The lowest BCUT2D eigenvalue weighted by molar-refractivity contribution is -0.127. The van der Waals surface area contributed by atoms with E-state index < -0.39 is 12.1 Å². The number of rotatable bonds is 5. The highest BCUT2D eigenvalue weighted by Gasteiger charge is 2.32. The molecule has 0 aliphatic carbocycles. The molecule has 29 heavy (non-hydrogen) atoms. The van der Waals surface area contributed by atoms with E-state index in [0.717, 1.165) is 16.6 Å². The number of carbonyl (C=O) groups excluding carboxylic acids is 2. The number of carbonyl (C=O) groups is 2. The summed E-state index contributed by atoms with van der Waals surface area (Å²) in [4.78, 5) is 26.8. The monoisotopic (exact) mass is 394 g/mol. The van der Waals surface area contributed by atoms with Gasteiger partial charge >= 0.3 is 5.97 Å². The van der Waals surface area contributed by atoms with Gasteiger partial charge in [-0.25, -0.2) is 4.79 Å². The van der Waals surface area contributed by atoms with Crippen LogP contribution in [0.2, 0.25) is 0 Å². The first kappa shape index (κ1) is 18.9. The molecule has 2 heterocycles. The van der Waals surface area contributed by atoms with Crippen LogP contribution in [0.25, 0.3) is 11.0 Å². The van der Waals surface area contributed by atoms with E-state index >= 15 is 0 Å². The highest BCUT2D eigenvalue weighted by atomic mass is 16.5. The van der Waals surface area contributed by atoms with Crippen molar-refractivity contribution in [2.45, 2.75) is 19.6 Å². The number of ether oxygens (including phenoxy) is 2. The van der Waals surface area contributed by atoms with E-state index in [4.69, 9.17) is 13.9 Å². The summed E-state index contributed by atoms with van der Waals surface area (Å²) >= 11 is 0. The minimum atomic E-state index is -0.654. The van der Waals surface area contributed by atoms with Crippen LogP contribution < -0.4 is 15.0 Å². The summed E-state index contributed by atoms with van der Waals surface area (Å²) in [5.74, 6) is 0.113. The normalized spacial score (nSPS) is 15.5. The Morgan fingerprint density at radius 2 is 1.93 bits per heavy atom. The fourth-order valence-electron chi connectivity index (χ4n) is 3.56. The highest BCUT2D eigenvalue weighted by Crippen LogP contribution is 2.36. The third-order valence-corrected chi connectivity index (χ3v) is 4.91. The lowest BCUT2D eigenvalue weighted by atomic mass is 10.1. The molecule has 1 N–H and O–H groups in total. The third kappa shape index (κ3) is 3.51. The Kier molecular flexibility index (Phi) is 5.12. The Bertz CT molecular complexity index is 1060. The molecule has 0 saturated heterocycles.